The van der Waals surface area contributed by atoms with E-state index in [9.17, 15) is 5.11 Å². The topological polar surface area (TPSA) is 50.1 Å². The lowest BCUT2D eigenvalue weighted by atomic mass is 9.94. The molecule has 0 amide bonds. The smallest absolute Gasteiger partial charge is 0.0824 e. The lowest BCUT2D eigenvalue weighted by molar-refractivity contribution is 0.0381. The largest absolute Gasteiger partial charge is 0.388 e. The van der Waals surface area contributed by atoms with Gasteiger partial charge >= 0.3 is 0 Å². The number of hydrogen-bond donors (Lipinski definition) is 2. The summed E-state index contributed by atoms with van der Waals surface area (Å²) in [6.45, 7) is 2.62. The maximum absolute atomic E-state index is 10.5. The van der Waals surface area contributed by atoms with Crippen molar-refractivity contribution in [2.75, 3.05) is 11.9 Å². The van der Waals surface area contributed by atoms with Crippen LogP contribution in [0.4, 0.5) is 5.69 Å². The molecule has 0 saturated heterocycles. The fourth-order valence-corrected chi connectivity index (χ4v) is 2.60. The molecular formula is C13H23N3O. The van der Waals surface area contributed by atoms with Gasteiger partial charge in [-0.05, 0) is 19.8 Å². The molecule has 1 fully saturated rings. The van der Waals surface area contributed by atoms with Crippen molar-refractivity contribution in [1.82, 2.24) is 9.78 Å². The lowest BCUT2D eigenvalue weighted by Gasteiger charge is -2.27. The van der Waals surface area contributed by atoms with Crippen LogP contribution >= 0.6 is 0 Å². The first-order chi connectivity index (χ1) is 8.09. The Labute approximate surface area is 103 Å². The van der Waals surface area contributed by atoms with Crippen LogP contribution in [-0.4, -0.2) is 27.0 Å². The highest BCUT2D eigenvalue weighted by Gasteiger charge is 2.27. The molecule has 0 bridgehead atoms. The summed E-state index contributed by atoms with van der Waals surface area (Å²) in [5, 5.41) is 18.1. The van der Waals surface area contributed by atoms with Gasteiger partial charge in [0.15, 0.2) is 0 Å². The van der Waals surface area contributed by atoms with Crippen LogP contribution in [0.15, 0.2) is 6.20 Å². The van der Waals surface area contributed by atoms with E-state index in [2.05, 4.69) is 10.4 Å². The minimum absolute atomic E-state index is 0.529. The van der Waals surface area contributed by atoms with E-state index in [0.29, 0.717) is 6.54 Å². The van der Waals surface area contributed by atoms with Gasteiger partial charge in [-0.2, -0.15) is 5.10 Å². The van der Waals surface area contributed by atoms with E-state index in [0.717, 1.165) is 37.1 Å². The Morgan fingerprint density at radius 1 is 1.35 bits per heavy atom. The van der Waals surface area contributed by atoms with Crippen LogP contribution in [0.1, 0.15) is 44.2 Å². The van der Waals surface area contributed by atoms with E-state index in [1.54, 1.807) is 4.68 Å². The van der Waals surface area contributed by atoms with Crippen molar-refractivity contribution in [3.63, 3.8) is 0 Å². The first-order valence-corrected chi connectivity index (χ1v) is 6.56. The van der Waals surface area contributed by atoms with Crippen LogP contribution in [0, 0.1) is 6.92 Å². The molecule has 17 heavy (non-hydrogen) atoms. The summed E-state index contributed by atoms with van der Waals surface area (Å²) in [5.74, 6) is 0. The fraction of sp³-hybridized carbons (Fsp3) is 0.769. The number of rotatable bonds is 3. The second-order valence-electron chi connectivity index (χ2n) is 5.29. The van der Waals surface area contributed by atoms with Gasteiger partial charge in [-0.25, -0.2) is 0 Å². The maximum atomic E-state index is 10.5. The zero-order valence-electron chi connectivity index (χ0n) is 10.9. The zero-order chi connectivity index (χ0) is 12.3. The summed E-state index contributed by atoms with van der Waals surface area (Å²) in [6.07, 6.45) is 8.60. The molecule has 96 valence electrons. The first kappa shape index (κ1) is 12.4. The standard InChI is InChI=1S/C13H23N3O/c1-11-12(9-16(2)15-11)14-10-13(17)7-5-3-4-6-8-13/h9,14,17H,3-8,10H2,1-2H3. The highest BCUT2D eigenvalue weighted by molar-refractivity contribution is 5.45. The van der Waals surface area contributed by atoms with E-state index >= 15 is 0 Å². The van der Waals surface area contributed by atoms with Crippen LogP contribution < -0.4 is 5.32 Å². The number of nitrogens with one attached hydrogen (secondary N) is 1. The van der Waals surface area contributed by atoms with E-state index in [1.165, 1.54) is 12.8 Å². The van der Waals surface area contributed by atoms with Gasteiger partial charge in [0.2, 0.25) is 0 Å². The summed E-state index contributed by atoms with van der Waals surface area (Å²) < 4.78 is 1.80. The molecule has 1 saturated carbocycles. The lowest BCUT2D eigenvalue weighted by Crippen LogP contribution is -2.36. The molecule has 0 aliphatic heterocycles. The summed E-state index contributed by atoms with van der Waals surface area (Å²) >= 11 is 0. The van der Waals surface area contributed by atoms with Crippen LogP contribution in [-0.2, 0) is 7.05 Å². The van der Waals surface area contributed by atoms with E-state index in [4.69, 9.17) is 0 Å². The summed E-state index contributed by atoms with van der Waals surface area (Å²) in [7, 11) is 1.92. The quantitative estimate of drug-likeness (QED) is 0.793. The normalized spacial score (nSPS) is 19.9. The van der Waals surface area contributed by atoms with Gasteiger partial charge in [0.25, 0.3) is 0 Å². The van der Waals surface area contributed by atoms with Gasteiger partial charge in [0, 0.05) is 19.8 Å². The number of hydrogen-bond acceptors (Lipinski definition) is 3. The number of nitrogens with zero attached hydrogens (tertiary/aromatic N) is 2. The number of aryl methyl sites for hydroxylation is 2. The molecule has 1 aliphatic carbocycles. The van der Waals surface area contributed by atoms with Crippen molar-refractivity contribution in [1.29, 1.82) is 0 Å². The molecule has 2 rings (SSSR count). The summed E-state index contributed by atoms with van der Waals surface area (Å²) in [5.41, 5.74) is 1.49. The average molecular weight is 237 g/mol. The SMILES string of the molecule is Cc1nn(C)cc1NCC1(O)CCCCCC1. The third-order valence-corrected chi connectivity index (χ3v) is 3.66. The van der Waals surface area contributed by atoms with Gasteiger partial charge in [-0.15, -0.1) is 0 Å². The fourth-order valence-electron chi connectivity index (χ4n) is 2.60. The van der Waals surface area contributed by atoms with Crippen LogP contribution in [0.2, 0.25) is 0 Å². The minimum atomic E-state index is -0.529. The molecule has 1 aromatic heterocycles. The number of aromatic nitrogens is 2. The van der Waals surface area contributed by atoms with E-state index in [1.807, 2.05) is 20.2 Å². The number of anilines is 1. The molecule has 1 aliphatic rings. The molecule has 4 heteroatoms. The molecule has 0 radical (unpaired) electrons. The van der Waals surface area contributed by atoms with Gasteiger partial charge in [0.05, 0.1) is 17.0 Å². The van der Waals surface area contributed by atoms with Gasteiger partial charge < -0.3 is 10.4 Å². The molecule has 4 nitrogen and oxygen atoms in total. The van der Waals surface area contributed by atoms with Crippen molar-refractivity contribution in [2.24, 2.45) is 7.05 Å². The molecule has 0 unspecified atom stereocenters. The van der Waals surface area contributed by atoms with Crippen LogP contribution in [0.3, 0.4) is 0 Å². The second-order valence-corrected chi connectivity index (χ2v) is 5.29. The molecule has 0 atom stereocenters. The van der Waals surface area contributed by atoms with E-state index in [-0.39, 0.29) is 0 Å². The van der Waals surface area contributed by atoms with Crippen molar-refractivity contribution in [2.45, 2.75) is 51.0 Å². The third kappa shape index (κ3) is 3.22. The first-order valence-electron chi connectivity index (χ1n) is 6.56. The van der Waals surface area contributed by atoms with Crippen molar-refractivity contribution < 1.29 is 5.11 Å². The Hall–Kier alpha value is -1.03. The monoisotopic (exact) mass is 237 g/mol. The van der Waals surface area contributed by atoms with Gasteiger partial charge in [0.1, 0.15) is 0 Å². The van der Waals surface area contributed by atoms with Crippen molar-refractivity contribution in [3.8, 4) is 0 Å². The van der Waals surface area contributed by atoms with Crippen LogP contribution in [0.25, 0.3) is 0 Å². The highest BCUT2D eigenvalue weighted by atomic mass is 16.3. The molecule has 0 spiro atoms. The Balaban J connectivity index is 1.94. The zero-order valence-corrected chi connectivity index (χ0v) is 10.9. The third-order valence-electron chi connectivity index (χ3n) is 3.66. The average Bonchev–Trinajstić information content (AvgIpc) is 2.49. The highest BCUT2D eigenvalue weighted by Crippen LogP contribution is 2.27. The van der Waals surface area contributed by atoms with Gasteiger partial charge in [-0.3, -0.25) is 4.68 Å². The molecule has 2 N–H and O–H groups in total. The minimum Gasteiger partial charge on any atom is -0.388 e. The van der Waals surface area contributed by atoms with Gasteiger partial charge in [-0.1, -0.05) is 25.7 Å². The Morgan fingerprint density at radius 3 is 2.53 bits per heavy atom. The maximum Gasteiger partial charge on any atom is 0.0824 e. The predicted octanol–water partition coefficient (Wildman–Crippen LogP) is 2.23. The Morgan fingerprint density at radius 2 is 2.00 bits per heavy atom. The van der Waals surface area contributed by atoms with E-state index < -0.39 is 5.60 Å². The second kappa shape index (κ2) is 5.08. The summed E-state index contributed by atoms with van der Waals surface area (Å²) in [6, 6.07) is 0. The van der Waals surface area contributed by atoms with Crippen molar-refractivity contribution >= 4 is 5.69 Å². The Bertz CT molecular complexity index is 365. The summed E-state index contributed by atoms with van der Waals surface area (Å²) in [4.78, 5) is 0. The molecule has 0 aromatic carbocycles. The predicted molar refractivity (Wildman–Crippen MR) is 69.1 cm³/mol. The van der Waals surface area contributed by atoms with Crippen molar-refractivity contribution in [3.05, 3.63) is 11.9 Å². The molecule has 1 aromatic rings. The molecular weight excluding hydrogens is 214 g/mol. The van der Waals surface area contributed by atoms with Crippen LogP contribution in [0.5, 0.6) is 0 Å². The Kier molecular flexibility index (Phi) is 3.72. The number of aliphatic hydroxyl groups is 1. The molecule has 1 heterocycles.